The molecule has 1 N–H and O–H groups in total. The Morgan fingerprint density at radius 2 is 1.89 bits per heavy atom. The van der Waals surface area contributed by atoms with Crippen LogP contribution in [-0.4, -0.2) is 48.7 Å². The van der Waals surface area contributed by atoms with Crippen LogP contribution in [0.15, 0.2) is 60.2 Å². The zero-order valence-corrected chi connectivity index (χ0v) is 25.9. The van der Waals surface area contributed by atoms with Crippen LogP contribution < -0.4 is 23.8 Å². The number of aliphatic hydroxyl groups is 1. The Hall–Kier alpha value is -4.57. The lowest BCUT2D eigenvalue weighted by Crippen LogP contribution is -2.29. The highest BCUT2D eigenvalue weighted by molar-refractivity contribution is 7.22. The van der Waals surface area contributed by atoms with Crippen LogP contribution >= 0.6 is 11.3 Å². The molecule has 9 nitrogen and oxygen atoms in total. The van der Waals surface area contributed by atoms with Gasteiger partial charge in [0, 0.05) is 12.0 Å². The molecule has 2 aliphatic heterocycles. The second-order valence-corrected chi connectivity index (χ2v) is 11.9. The maximum atomic E-state index is 13.8. The van der Waals surface area contributed by atoms with Gasteiger partial charge in [-0.15, -0.1) is 0 Å². The van der Waals surface area contributed by atoms with Crippen LogP contribution in [0.3, 0.4) is 0 Å². The number of fused-ring (bicyclic) bond motifs is 2. The molecule has 2 atom stereocenters. The van der Waals surface area contributed by atoms with E-state index in [1.807, 2.05) is 19.1 Å². The lowest BCUT2D eigenvalue weighted by atomic mass is 9.94. The van der Waals surface area contributed by atoms with Gasteiger partial charge in [-0.3, -0.25) is 14.5 Å². The quantitative estimate of drug-likeness (QED) is 0.0896. The number of hydrogen-bond donors (Lipinski definition) is 1. The minimum Gasteiger partial charge on any atom is -0.507 e. The van der Waals surface area contributed by atoms with E-state index in [0.717, 1.165) is 35.3 Å². The van der Waals surface area contributed by atoms with Gasteiger partial charge in [0.25, 0.3) is 5.78 Å². The molecule has 4 aromatic rings. The number of aromatic nitrogens is 1. The molecule has 10 heteroatoms. The molecule has 3 heterocycles. The number of ether oxygens (including phenoxy) is 4. The van der Waals surface area contributed by atoms with Crippen molar-refractivity contribution in [3.8, 4) is 23.0 Å². The maximum absolute atomic E-state index is 13.8. The van der Waals surface area contributed by atoms with E-state index in [1.54, 1.807) is 56.7 Å². The molecule has 0 radical (unpaired) electrons. The first-order valence-corrected chi connectivity index (χ1v) is 15.5. The molecule has 0 aliphatic carbocycles. The standard InChI is InChI=1S/C34H34N2O7S/c1-5-6-7-14-42-26-13-8-20(17-27(26)41-4)30-29(31(37)21-9-12-25-22(16-21)15-19(2)43-25)32(38)33(39)36(30)34-35-24-11-10-23(40-3)18-28(24)44-34/h8-13,16-19,30,37H,5-7,14-15H2,1-4H3/t19-,30-/m0/s1. The number of nitrogens with zero attached hydrogens (tertiary/aromatic N) is 2. The summed E-state index contributed by atoms with van der Waals surface area (Å²) in [6, 6.07) is 15.1. The summed E-state index contributed by atoms with van der Waals surface area (Å²) < 4.78 is 23.7. The summed E-state index contributed by atoms with van der Waals surface area (Å²) >= 11 is 1.27. The van der Waals surface area contributed by atoms with Gasteiger partial charge < -0.3 is 24.1 Å². The van der Waals surface area contributed by atoms with Crippen LogP contribution in [0.2, 0.25) is 0 Å². The first-order valence-electron chi connectivity index (χ1n) is 14.7. The topological polar surface area (TPSA) is 107 Å². The summed E-state index contributed by atoms with van der Waals surface area (Å²) in [6.45, 7) is 4.64. The molecular formula is C34H34N2O7S. The number of benzene rings is 3. The molecule has 1 fully saturated rings. The van der Waals surface area contributed by atoms with E-state index in [2.05, 4.69) is 6.92 Å². The highest BCUT2D eigenvalue weighted by Gasteiger charge is 2.48. The third-order valence-electron chi connectivity index (χ3n) is 7.91. The van der Waals surface area contributed by atoms with Crippen molar-refractivity contribution in [2.45, 2.75) is 51.7 Å². The van der Waals surface area contributed by atoms with E-state index in [9.17, 15) is 14.7 Å². The molecule has 44 heavy (non-hydrogen) atoms. The maximum Gasteiger partial charge on any atom is 0.301 e. The van der Waals surface area contributed by atoms with Gasteiger partial charge in [0.2, 0.25) is 0 Å². The molecule has 6 rings (SSSR count). The zero-order valence-electron chi connectivity index (χ0n) is 25.1. The van der Waals surface area contributed by atoms with Crippen molar-refractivity contribution >= 4 is 44.1 Å². The van der Waals surface area contributed by atoms with Crippen LogP contribution in [0.1, 0.15) is 55.8 Å². The molecule has 0 saturated carbocycles. The Balaban J connectivity index is 1.48. The molecule has 0 spiro atoms. The van der Waals surface area contributed by atoms with Gasteiger partial charge in [-0.1, -0.05) is 37.2 Å². The number of anilines is 1. The van der Waals surface area contributed by atoms with Crippen LogP contribution in [0, 0.1) is 0 Å². The Kier molecular flexibility index (Phi) is 8.18. The van der Waals surface area contributed by atoms with Gasteiger partial charge in [0.15, 0.2) is 16.6 Å². The number of Topliss-reactive ketones (excluding diaryl/α,β-unsaturated/α-hetero) is 1. The van der Waals surface area contributed by atoms with E-state index in [1.165, 1.54) is 16.2 Å². The fraction of sp³-hybridized carbons (Fsp3) is 0.324. The minimum absolute atomic E-state index is 0.0146. The van der Waals surface area contributed by atoms with Crippen LogP contribution in [0.4, 0.5) is 5.13 Å². The highest BCUT2D eigenvalue weighted by Crippen LogP contribution is 2.46. The second-order valence-electron chi connectivity index (χ2n) is 10.9. The first-order chi connectivity index (χ1) is 21.3. The lowest BCUT2D eigenvalue weighted by Gasteiger charge is -2.24. The van der Waals surface area contributed by atoms with Gasteiger partial charge in [0.05, 0.1) is 42.7 Å². The summed E-state index contributed by atoms with van der Waals surface area (Å²) in [5.41, 5.74) is 2.56. The third-order valence-corrected chi connectivity index (χ3v) is 8.93. The van der Waals surface area contributed by atoms with Gasteiger partial charge in [-0.25, -0.2) is 4.98 Å². The molecule has 0 unspecified atom stereocenters. The number of unbranched alkanes of at least 4 members (excludes halogenated alkanes) is 2. The number of carbonyl (C=O) groups is 2. The number of thiazole rings is 1. The minimum atomic E-state index is -0.969. The summed E-state index contributed by atoms with van der Waals surface area (Å²) in [6.07, 6.45) is 3.74. The molecule has 1 amide bonds. The number of hydrogen-bond acceptors (Lipinski definition) is 9. The SMILES string of the molecule is CCCCCOc1ccc([C@H]2C(=C(O)c3ccc4c(c3)C[C@H](C)O4)C(=O)C(=O)N2c2nc3ccc(OC)cc3s2)cc1OC. The second kappa shape index (κ2) is 12.2. The van der Waals surface area contributed by atoms with Crippen molar-refractivity contribution in [1.82, 2.24) is 4.98 Å². The number of amides is 1. The summed E-state index contributed by atoms with van der Waals surface area (Å²) in [4.78, 5) is 33.6. The first kappa shape index (κ1) is 29.5. The van der Waals surface area contributed by atoms with Gasteiger partial charge in [-0.05, 0) is 73.0 Å². The van der Waals surface area contributed by atoms with E-state index in [4.69, 9.17) is 23.9 Å². The smallest absolute Gasteiger partial charge is 0.301 e. The van der Waals surface area contributed by atoms with Crippen molar-refractivity contribution < 1.29 is 33.6 Å². The van der Waals surface area contributed by atoms with E-state index in [-0.39, 0.29) is 17.4 Å². The van der Waals surface area contributed by atoms with Crippen LogP contribution in [0.5, 0.6) is 23.0 Å². The van der Waals surface area contributed by atoms with Gasteiger partial charge in [-0.2, -0.15) is 0 Å². The number of carbonyl (C=O) groups excluding carboxylic acids is 2. The molecular weight excluding hydrogens is 580 g/mol. The number of ketones is 1. The molecule has 2 aliphatic rings. The average Bonchev–Trinajstić information content (AvgIpc) is 3.70. The molecule has 1 aromatic heterocycles. The molecule has 228 valence electrons. The van der Waals surface area contributed by atoms with E-state index >= 15 is 0 Å². The average molecular weight is 615 g/mol. The number of rotatable bonds is 10. The van der Waals surface area contributed by atoms with Crippen molar-refractivity contribution in [2.75, 3.05) is 25.7 Å². The number of aliphatic hydroxyl groups excluding tert-OH is 1. The third kappa shape index (κ3) is 5.34. The normalized spacial score (nSPS) is 18.9. The predicted molar refractivity (Wildman–Crippen MR) is 169 cm³/mol. The fourth-order valence-electron chi connectivity index (χ4n) is 5.70. The van der Waals surface area contributed by atoms with Crippen molar-refractivity contribution in [2.24, 2.45) is 0 Å². The molecule has 1 saturated heterocycles. The monoisotopic (exact) mass is 614 g/mol. The van der Waals surface area contributed by atoms with Crippen molar-refractivity contribution in [3.05, 3.63) is 76.9 Å². The van der Waals surface area contributed by atoms with E-state index in [0.29, 0.717) is 52.1 Å². The van der Waals surface area contributed by atoms with Crippen LogP contribution in [0.25, 0.3) is 16.0 Å². The fourth-order valence-corrected chi connectivity index (χ4v) is 6.72. The predicted octanol–water partition coefficient (Wildman–Crippen LogP) is 6.83. The molecule has 0 bridgehead atoms. The summed E-state index contributed by atoms with van der Waals surface area (Å²) in [5.74, 6) is 0.579. The Bertz CT molecular complexity index is 1780. The van der Waals surface area contributed by atoms with Crippen molar-refractivity contribution in [1.29, 1.82) is 0 Å². The number of methoxy groups -OCH3 is 2. The highest BCUT2D eigenvalue weighted by atomic mass is 32.1. The Labute approximate surface area is 259 Å². The van der Waals surface area contributed by atoms with Gasteiger partial charge in [0.1, 0.15) is 23.4 Å². The van der Waals surface area contributed by atoms with Crippen molar-refractivity contribution in [3.63, 3.8) is 0 Å². The largest absolute Gasteiger partial charge is 0.507 e. The summed E-state index contributed by atoms with van der Waals surface area (Å²) in [5, 5.41) is 12.0. The zero-order chi connectivity index (χ0) is 31.0. The summed E-state index contributed by atoms with van der Waals surface area (Å²) in [7, 11) is 3.13. The van der Waals surface area contributed by atoms with Crippen LogP contribution in [-0.2, 0) is 16.0 Å². The lowest BCUT2D eigenvalue weighted by molar-refractivity contribution is -0.132. The van der Waals surface area contributed by atoms with Gasteiger partial charge >= 0.3 is 5.91 Å². The molecule has 3 aromatic carbocycles. The van der Waals surface area contributed by atoms with E-state index < -0.39 is 17.7 Å². The Morgan fingerprint density at radius 3 is 2.66 bits per heavy atom. The Morgan fingerprint density at radius 1 is 1.05 bits per heavy atom.